The number of nitrogens with zero attached hydrogens (tertiary/aromatic N) is 2. The molecule has 0 amide bonds. The molecule has 1 atom stereocenters. The average molecular weight is 245 g/mol. The molecule has 1 aliphatic rings. The van der Waals surface area contributed by atoms with Crippen molar-refractivity contribution >= 4 is 0 Å². The van der Waals surface area contributed by atoms with Gasteiger partial charge >= 0.3 is 6.18 Å². The van der Waals surface area contributed by atoms with Crippen molar-refractivity contribution in [2.45, 2.75) is 12.2 Å². The van der Waals surface area contributed by atoms with E-state index in [1.54, 1.807) is 0 Å². The maximum absolute atomic E-state index is 13.1. The normalized spacial score (nSPS) is 20.2. The van der Waals surface area contributed by atoms with E-state index < -0.39 is 12.2 Å². The molecule has 0 spiro atoms. The van der Waals surface area contributed by atoms with Gasteiger partial charge in [0.1, 0.15) is 6.04 Å². The van der Waals surface area contributed by atoms with Crippen LogP contribution in [0.4, 0.5) is 13.2 Å². The van der Waals surface area contributed by atoms with Gasteiger partial charge in [0, 0.05) is 38.6 Å². The van der Waals surface area contributed by atoms with E-state index in [0.717, 1.165) is 0 Å². The second kappa shape index (κ2) is 5.01. The fourth-order valence-corrected chi connectivity index (χ4v) is 2.09. The van der Waals surface area contributed by atoms with Crippen LogP contribution in [0, 0.1) is 0 Å². The van der Waals surface area contributed by atoms with Crippen LogP contribution in [0.5, 0.6) is 0 Å². The number of alkyl halides is 3. The molecule has 1 aliphatic heterocycles. The van der Waals surface area contributed by atoms with Gasteiger partial charge in [-0.2, -0.15) is 13.2 Å². The highest BCUT2D eigenvalue weighted by molar-refractivity contribution is 5.17. The molecule has 0 unspecified atom stereocenters. The molecule has 0 bridgehead atoms. The van der Waals surface area contributed by atoms with Gasteiger partial charge in [0.2, 0.25) is 0 Å². The van der Waals surface area contributed by atoms with E-state index in [-0.39, 0.29) is 5.56 Å². The summed E-state index contributed by atoms with van der Waals surface area (Å²) in [7, 11) is 0. The number of piperazine rings is 1. The molecule has 1 saturated heterocycles. The fourth-order valence-electron chi connectivity index (χ4n) is 2.09. The number of halogens is 3. The van der Waals surface area contributed by atoms with E-state index in [1.807, 2.05) is 0 Å². The molecule has 1 fully saturated rings. The highest BCUT2D eigenvalue weighted by atomic mass is 19.4. The van der Waals surface area contributed by atoms with E-state index in [9.17, 15) is 13.2 Å². The molecule has 2 rings (SSSR count). The summed E-state index contributed by atoms with van der Waals surface area (Å²) in [5.41, 5.74) is 0.259. The van der Waals surface area contributed by atoms with Crippen molar-refractivity contribution in [3.63, 3.8) is 0 Å². The number of hydrogen-bond donors (Lipinski definition) is 1. The van der Waals surface area contributed by atoms with E-state index in [0.29, 0.717) is 26.2 Å². The Balaban J connectivity index is 2.25. The van der Waals surface area contributed by atoms with Crippen LogP contribution >= 0.6 is 0 Å². The van der Waals surface area contributed by atoms with Gasteiger partial charge in [-0.05, 0) is 17.7 Å². The van der Waals surface area contributed by atoms with Crippen molar-refractivity contribution < 1.29 is 13.2 Å². The van der Waals surface area contributed by atoms with Crippen molar-refractivity contribution in [1.29, 1.82) is 0 Å². The van der Waals surface area contributed by atoms with Crippen molar-refractivity contribution in [2.75, 3.05) is 26.2 Å². The Morgan fingerprint density at radius 2 is 1.76 bits per heavy atom. The van der Waals surface area contributed by atoms with E-state index in [4.69, 9.17) is 0 Å². The Morgan fingerprint density at radius 3 is 2.29 bits per heavy atom. The van der Waals surface area contributed by atoms with Crippen LogP contribution in [-0.2, 0) is 0 Å². The first-order valence-electron chi connectivity index (χ1n) is 5.50. The zero-order valence-corrected chi connectivity index (χ0v) is 9.24. The van der Waals surface area contributed by atoms with Gasteiger partial charge in [0.15, 0.2) is 0 Å². The van der Waals surface area contributed by atoms with Gasteiger partial charge in [0.25, 0.3) is 0 Å². The van der Waals surface area contributed by atoms with Gasteiger partial charge in [-0.25, -0.2) is 0 Å². The van der Waals surface area contributed by atoms with E-state index in [2.05, 4.69) is 10.3 Å². The molecule has 0 radical (unpaired) electrons. The maximum Gasteiger partial charge on any atom is 0.408 e. The smallest absolute Gasteiger partial charge is 0.314 e. The highest BCUT2D eigenvalue weighted by Gasteiger charge is 2.44. The van der Waals surface area contributed by atoms with Gasteiger partial charge in [-0.15, -0.1) is 0 Å². The second-order valence-corrected chi connectivity index (χ2v) is 4.01. The first-order chi connectivity index (χ1) is 8.09. The summed E-state index contributed by atoms with van der Waals surface area (Å²) >= 11 is 0. The Labute approximate surface area is 97.6 Å². The Hall–Kier alpha value is -1.14. The Kier molecular flexibility index (Phi) is 3.63. The lowest BCUT2D eigenvalue weighted by molar-refractivity contribution is -0.187. The molecule has 6 heteroatoms. The third kappa shape index (κ3) is 2.95. The van der Waals surface area contributed by atoms with Crippen LogP contribution in [-0.4, -0.2) is 42.2 Å². The topological polar surface area (TPSA) is 28.2 Å². The summed E-state index contributed by atoms with van der Waals surface area (Å²) in [6.07, 6.45) is -1.45. The first kappa shape index (κ1) is 12.3. The van der Waals surface area contributed by atoms with Crippen molar-refractivity contribution in [3.05, 3.63) is 30.1 Å². The maximum atomic E-state index is 13.1. The van der Waals surface area contributed by atoms with Crippen LogP contribution in [0.3, 0.4) is 0 Å². The summed E-state index contributed by atoms with van der Waals surface area (Å²) in [4.78, 5) is 5.22. The zero-order valence-electron chi connectivity index (χ0n) is 9.24. The number of pyridine rings is 1. The third-order valence-electron chi connectivity index (χ3n) is 2.85. The minimum absolute atomic E-state index is 0.259. The predicted molar refractivity (Wildman–Crippen MR) is 57.5 cm³/mol. The second-order valence-electron chi connectivity index (χ2n) is 4.01. The summed E-state index contributed by atoms with van der Waals surface area (Å²) in [6, 6.07) is 1.34. The van der Waals surface area contributed by atoms with Gasteiger partial charge in [0.05, 0.1) is 0 Å². The molecule has 17 heavy (non-hydrogen) atoms. The minimum Gasteiger partial charge on any atom is -0.314 e. The average Bonchev–Trinajstić information content (AvgIpc) is 2.30. The summed E-state index contributed by atoms with van der Waals surface area (Å²) in [5.74, 6) is 0. The van der Waals surface area contributed by atoms with Crippen LogP contribution < -0.4 is 5.32 Å². The van der Waals surface area contributed by atoms with Gasteiger partial charge < -0.3 is 5.32 Å². The lowest BCUT2D eigenvalue weighted by atomic mass is 10.1. The molecule has 1 aromatic heterocycles. The molecule has 0 saturated carbocycles. The highest BCUT2D eigenvalue weighted by Crippen LogP contribution is 2.37. The number of hydrogen-bond acceptors (Lipinski definition) is 3. The fraction of sp³-hybridized carbons (Fsp3) is 0.545. The Bertz CT molecular complexity index is 347. The molecule has 94 valence electrons. The lowest BCUT2D eigenvalue weighted by Crippen LogP contribution is -2.49. The monoisotopic (exact) mass is 245 g/mol. The molecule has 0 aliphatic carbocycles. The van der Waals surface area contributed by atoms with Crippen molar-refractivity contribution in [1.82, 2.24) is 15.2 Å². The molecular weight excluding hydrogens is 231 g/mol. The quantitative estimate of drug-likeness (QED) is 0.857. The Morgan fingerprint density at radius 1 is 1.18 bits per heavy atom. The van der Waals surface area contributed by atoms with Crippen LogP contribution in [0.2, 0.25) is 0 Å². The van der Waals surface area contributed by atoms with Crippen LogP contribution in [0.15, 0.2) is 24.5 Å². The molecule has 1 aromatic rings. The van der Waals surface area contributed by atoms with Crippen LogP contribution in [0.1, 0.15) is 11.6 Å². The zero-order chi connectivity index (χ0) is 12.3. The number of rotatable bonds is 2. The largest absolute Gasteiger partial charge is 0.408 e. The van der Waals surface area contributed by atoms with Crippen molar-refractivity contribution in [2.24, 2.45) is 0 Å². The molecular formula is C11H14F3N3. The number of aromatic nitrogens is 1. The van der Waals surface area contributed by atoms with Gasteiger partial charge in [-0.3, -0.25) is 9.88 Å². The summed E-state index contributed by atoms with van der Waals surface area (Å²) < 4.78 is 39.3. The predicted octanol–water partition coefficient (Wildman–Crippen LogP) is 1.59. The van der Waals surface area contributed by atoms with Crippen molar-refractivity contribution in [3.8, 4) is 0 Å². The molecule has 3 nitrogen and oxygen atoms in total. The molecule has 2 heterocycles. The number of nitrogens with one attached hydrogen (secondary N) is 1. The van der Waals surface area contributed by atoms with Gasteiger partial charge in [-0.1, -0.05) is 0 Å². The van der Waals surface area contributed by atoms with E-state index >= 15 is 0 Å². The summed E-state index contributed by atoms with van der Waals surface area (Å²) in [5, 5.41) is 3.05. The van der Waals surface area contributed by atoms with E-state index in [1.165, 1.54) is 29.4 Å². The lowest BCUT2D eigenvalue weighted by Gasteiger charge is -2.36. The SMILES string of the molecule is FC(F)(F)[C@H](c1ccncc1)N1CCNCC1. The minimum atomic E-state index is -4.25. The van der Waals surface area contributed by atoms with Crippen LogP contribution in [0.25, 0.3) is 0 Å². The molecule has 1 N–H and O–H groups in total. The summed E-state index contributed by atoms with van der Waals surface area (Å²) in [6.45, 7) is 2.01. The standard InChI is InChI=1S/C11H14F3N3/c12-11(13,14)10(9-1-3-15-4-2-9)17-7-5-16-6-8-17/h1-4,10,16H,5-8H2/t10-/m0/s1. The third-order valence-corrected chi connectivity index (χ3v) is 2.85. The molecule has 0 aromatic carbocycles. The first-order valence-corrected chi connectivity index (χ1v) is 5.50.